The summed E-state index contributed by atoms with van der Waals surface area (Å²) < 4.78 is 12.8. The molecule has 2 nitrogen and oxygen atoms in total. The van der Waals surface area contributed by atoms with E-state index >= 15 is 0 Å². The number of unbranched alkanes of at least 4 members (excludes halogenated alkanes) is 1. The maximum atomic E-state index is 6.59. The van der Waals surface area contributed by atoms with Gasteiger partial charge < -0.3 is 9.47 Å². The van der Waals surface area contributed by atoms with Gasteiger partial charge in [0, 0.05) is 10.8 Å². The minimum Gasteiger partial charge on any atom is -0.493 e. The molecule has 0 N–H and O–H groups in total. The van der Waals surface area contributed by atoms with Gasteiger partial charge >= 0.3 is 0 Å². The first-order valence-electron chi connectivity index (χ1n) is 11.7. The van der Waals surface area contributed by atoms with Crippen LogP contribution in [0.15, 0.2) is 42.5 Å². The Labute approximate surface area is 181 Å². The summed E-state index contributed by atoms with van der Waals surface area (Å²) in [6, 6.07) is 15.5. The van der Waals surface area contributed by atoms with E-state index in [2.05, 4.69) is 77.1 Å². The second-order valence-corrected chi connectivity index (χ2v) is 9.38. The predicted molar refractivity (Wildman–Crippen MR) is 128 cm³/mol. The number of benzene rings is 3. The standard InChI is InChI=1S/C28H36O2/c1-6-8-11-19(3)30-26-17-15-23-24(28(26,4)5)16-14-22-21-13-10-9-12-20(21)18-25(27(22)23)29-7-2/h9-10,12-14,16,18-19,26H,6-8,11,15,17H2,1-5H3. The maximum Gasteiger partial charge on any atom is 0.128 e. The van der Waals surface area contributed by atoms with Crippen LogP contribution < -0.4 is 4.74 Å². The van der Waals surface area contributed by atoms with Crippen LogP contribution in [0.1, 0.15) is 71.4 Å². The number of ether oxygens (including phenoxy) is 2. The van der Waals surface area contributed by atoms with Gasteiger partial charge in [-0.15, -0.1) is 0 Å². The molecule has 0 aliphatic heterocycles. The molecule has 1 aliphatic carbocycles. The van der Waals surface area contributed by atoms with Gasteiger partial charge in [-0.2, -0.15) is 0 Å². The Morgan fingerprint density at radius 3 is 2.63 bits per heavy atom. The largest absolute Gasteiger partial charge is 0.493 e. The Kier molecular flexibility index (Phi) is 6.06. The fourth-order valence-electron chi connectivity index (χ4n) is 5.26. The predicted octanol–water partition coefficient (Wildman–Crippen LogP) is 7.58. The zero-order valence-electron chi connectivity index (χ0n) is 19.3. The molecule has 0 saturated heterocycles. The fourth-order valence-corrected chi connectivity index (χ4v) is 5.26. The summed E-state index contributed by atoms with van der Waals surface area (Å²) in [7, 11) is 0. The highest BCUT2D eigenvalue weighted by Crippen LogP contribution is 2.46. The zero-order valence-corrected chi connectivity index (χ0v) is 19.3. The molecule has 2 atom stereocenters. The first kappa shape index (κ1) is 21.2. The first-order chi connectivity index (χ1) is 14.5. The molecule has 0 saturated carbocycles. The van der Waals surface area contributed by atoms with E-state index in [0.29, 0.717) is 12.7 Å². The van der Waals surface area contributed by atoms with Crippen LogP contribution in [0.3, 0.4) is 0 Å². The van der Waals surface area contributed by atoms with Crippen LogP contribution in [-0.4, -0.2) is 18.8 Å². The van der Waals surface area contributed by atoms with Crippen molar-refractivity contribution in [2.75, 3.05) is 6.61 Å². The molecular weight excluding hydrogens is 368 g/mol. The van der Waals surface area contributed by atoms with E-state index in [1.165, 1.54) is 45.5 Å². The van der Waals surface area contributed by atoms with Crippen LogP contribution in [-0.2, 0) is 16.6 Å². The van der Waals surface area contributed by atoms with E-state index in [-0.39, 0.29) is 11.5 Å². The van der Waals surface area contributed by atoms with Crippen molar-refractivity contribution in [3.63, 3.8) is 0 Å². The molecule has 30 heavy (non-hydrogen) atoms. The molecule has 2 unspecified atom stereocenters. The molecule has 3 aromatic rings. The number of rotatable bonds is 7. The highest BCUT2D eigenvalue weighted by Gasteiger charge is 2.39. The fraction of sp³-hybridized carbons (Fsp3) is 0.500. The maximum absolute atomic E-state index is 6.59. The van der Waals surface area contributed by atoms with Crippen LogP contribution in [0.2, 0.25) is 0 Å². The summed E-state index contributed by atoms with van der Waals surface area (Å²) in [5.74, 6) is 1.02. The lowest BCUT2D eigenvalue weighted by Crippen LogP contribution is -2.42. The molecule has 0 spiro atoms. The molecular formula is C28H36O2. The number of hydrogen-bond donors (Lipinski definition) is 0. The molecule has 0 fully saturated rings. The van der Waals surface area contributed by atoms with Gasteiger partial charge in [0.1, 0.15) is 5.75 Å². The number of aryl methyl sites for hydroxylation is 1. The summed E-state index contributed by atoms with van der Waals surface area (Å²) in [5, 5.41) is 5.16. The van der Waals surface area contributed by atoms with Crippen LogP contribution in [0.5, 0.6) is 5.75 Å². The van der Waals surface area contributed by atoms with E-state index in [4.69, 9.17) is 9.47 Å². The molecule has 160 valence electrons. The van der Waals surface area contributed by atoms with E-state index in [0.717, 1.165) is 25.0 Å². The van der Waals surface area contributed by atoms with Crippen molar-refractivity contribution in [3.8, 4) is 5.75 Å². The summed E-state index contributed by atoms with van der Waals surface area (Å²) in [5.41, 5.74) is 2.86. The van der Waals surface area contributed by atoms with Crippen LogP contribution in [0, 0.1) is 0 Å². The summed E-state index contributed by atoms with van der Waals surface area (Å²) in [4.78, 5) is 0. The SMILES string of the molecule is CCCCC(C)OC1CCc2c(ccc3c2c(OCC)cc2ccccc23)C1(C)C. The minimum absolute atomic E-state index is 0.0165. The quantitative estimate of drug-likeness (QED) is 0.378. The monoisotopic (exact) mass is 404 g/mol. The topological polar surface area (TPSA) is 18.5 Å². The van der Waals surface area contributed by atoms with Crippen LogP contribution >= 0.6 is 0 Å². The Balaban J connectivity index is 1.81. The highest BCUT2D eigenvalue weighted by molar-refractivity contribution is 6.11. The van der Waals surface area contributed by atoms with Crippen molar-refractivity contribution in [3.05, 3.63) is 53.6 Å². The van der Waals surface area contributed by atoms with Gasteiger partial charge in [0.15, 0.2) is 0 Å². The highest BCUT2D eigenvalue weighted by atomic mass is 16.5. The average Bonchev–Trinajstić information content (AvgIpc) is 2.74. The Morgan fingerprint density at radius 1 is 1.07 bits per heavy atom. The van der Waals surface area contributed by atoms with Crippen molar-refractivity contribution in [2.45, 2.75) is 84.3 Å². The Morgan fingerprint density at radius 2 is 1.87 bits per heavy atom. The third-order valence-corrected chi connectivity index (χ3v) is 6.91. The minimum atomic E-state index is -0.0165. The van der Waals surface area contributed by atoms with Gasteiger partial charge in [-0.05, 0) is 66.5 Å². The molecule has 4 rings (SSSR count). The Bertz CT molecular complexity index is 1030. The number of hydrogen-bond acceptors (Lipinski definition) is 2. The van der Waals surface area contributed by atoms with Crippen molar-refractivity contribution < 1.29 is 9.47 Å². The zero-order chi connectivity index (χ0) is 21.3. The van der Waals surface area contributed by atoms with Gasteiger partial charge in [-0.1, -0.05) is 70.0 Å². The Hall–Kier alpha value is -2.06. The van der Waals surface area contributed by atoms with Gasteiger partial charge in [0.05, 0.1) is 18.8 Å². The third kappa shape index (κ3) is 3.71. The molecule has 2 heteroatoms. The number of fused-ring (bicyclic) bond motifs is 5. The molecule has 0 aromatic heterocycles. The molecule has 0 radical (unpaired) electrons. The van der Waals surface area contributed by atoms with Gasteiger partial charge in [0.25, 0.3) is 0 Å². The second kappa shape index (κ2) is 8.59. The average molecular weight is 405 g/mol. The molecule has 0 amide bonds. The van der Waals surface area contributed by atoms with Crippen molar-refractivity contribution in [2.24, 2.45) is 0 Å². The van der Waals surface area contributed by atoms with Gasteiger partial charge in [0.2, 0.25) is 0 Å². The smallest absolute Gasteiger partial charge is 0.128 e. The summed E-state index contributed by atoms with van der Waals surface area (Å²) in [6.07, 6.45) is 6.29. The summed E-state index contributed by atoms with van der Waals surface area (Å²) >= 11 is 0. The molecule has 3 aromatic carbocycles. The van der Waals surface area contributed by atoms with E-state index in [9.17, 15) is 0 Å². The van der Waals surface area contributed by atoms with Crippen molar-refractivity contribution in [1.82, 2.24) is 0 Å². The van der Waals surface area contributed by atoms with E-state index in [1.54, 1.807) is 0 Å². The lowest BCUT2D eigenvalue weighted by Gasteiger charge is -2.42. The molecule has 0 bridgehead atoms. The lowest BCUT2D eigenvalue weighted by molar-refractivity contribution is -0.0508. The van der Waals surface area contributed by atoms with E-state index in [1.807, 2.05) is 0 Å². The first-order valence-corrected chi connectivity index (χ1v) is 11.7. The third-order valence-electron chi connectivity index (χ3n) is 6.91. The molecule has 1 aliphatic rings. The lowest BCUT2D eigenvalue weighted by atomic mass is 9.69. The summed E-state index contributed by atoms with van der Waals surface area (Å²) in [6.45, 7) is 12.0. The van der Waals surface area contributed by atoms with Gasteiger partial charge in [-0.3, -0.25) is 0 Å². The van der Waals surface area contributed by atoms with Crippen LogP contribution in [0.25, 0.3) is 21.5 Å². The van der Waals surface area contributed by atoms with E-state index < -0.39 is 0 Å². The van der Waals surface area contributed by atoms with Crippen molar-refractivity contribution in [1.29, 1.82) is 0 Å². The molecule has 0 heterocycles. The van der Waals surface area contributed by atoms with Crippen molar-refractivity contribution >= 4 is 21.5 Å². The normalized spacial score (nSPS) is 19.0. The second-order valence-electron chi connectivity index (χ2n) is 9.38. The van der Waals surface area contributed by atoms with Crippen LogP contribution in [0.4, 0.5) is 0 Å². The van der Waals surface area contributed by atoms with Gasteiger partial charge in [-0.25, -0.2) is 0 Å².